The van der Waals surface area contributed by atoms with Gasteiger partial charge in [-0.1, -0.05) is 161 Å². The molecule has 0 saturated carbocycles. The van der Waals surface area contributed by atoms with Crippen molar-refractivity contribution < 1.29 is 14.3 Å². The predicted octanol–water partition coefficient (Wildman–Crippen LogP) is 14.5. The van der Waals surface area contributed by atoms with Crippen LogP contribution in [0.4, 0.5) is 4.79 Å². The van der Waals surface area contributed by atoms with Gasteiger partial charge in [-0.15, -0.1) is 0 Å². The van der Waals surface area contributed by atoms with E-state index in [0.29, 0.717) is 13.2 Å². The molecule has 268 valence electrons. The standard InChI is InChI=1S/C45H70O3/c1-3-5-7-9-11-13-15-17-19-21-23-25-27-29-31-33-35-37-39-41-43-47-45(46)48-44-42-40-38-36-34-32-30-28-26-24-22-20-18-16-14-12-10-8-6-4-2/h5-8,11-14,17-20,23-26,29-32H,3-4,9-10,15-16,21-22,27-28,33-44H2,1-2H3/b7-5-,8-6-,13-11-,14-12-,19-17-,20-18-,25-23-,26-24-,31-29-,32-30-. The van der Waals surface area contributed by atoms with Crippen LogP contribution in [0, 0.1) is 0 Å². The topological polar surface area (TPSA) is 35.5 Å². The maximum absolute atomic E-state index is 11.8. The highest BCUT2D eigenvalue weighted by Crippen LogP contribution is 2.07. The molecule has 0 N–H and O–H groups in total. The fourth-order valence-corrected chi connectivity index (χ4v) is 4.53. The van der Waals surface area contributed by atoms with E-state index < -0.39 is 6.16 Å². The summed E-state index contributed by atoms with van der Waals surface area (Å²) in [6.45, 7) is 5.22. The molecular formula is C45H70O3. The van der Waals surface area contributed by atoms with E-state index in [1.54, 1.807) is 0 Å². The van der Waals surface area contributed by atoms with Crippen molar-refractivity contribution in [3.8, 4) is 0 Å². The van der Waals surface area contributed by atoms with Crippen LogP contribution >= 0.6 is 0 Å². The SMILES string of the molecule is CC/C=C\C/C=C\C/C=C\C/C=C\C/C=C\CCCCCCOC(=O)OCCCCCC/C=C\C/C=C\C/C=C\C/C=C\C/C=C\CC. The maximum atomic E-state index is 11.8. The lowest BCUT2D eigenvalue weighted by atomic mass is 10.1. The monoisotopic (exact) mass is 659 g/mol. The van der Waals surface area contributed by atoms with Gasteiger partial charge in [-0.05, 0) is 103 Å². The molecule has 0 aromatic heterocycles. The Kier molecular flexibility index (Phi) is 38.8. The molecule has 48 heavy (non-hydrogen) atoms. The molecule has 0 aromatic carbocycles. The molecule has 0 radical (unpaired) electrons. The minimum Gasteiger partial charge on any atom is -0.434 e. The summed E-state index contributed by atoms with van der Waals surface area (Å²) in [6, 6.07) is 0. The Bertz CT molecular complexity index is 906. The average molecular weight is 659 g/mol. The molecule has 3 nitrogen and oxygen atoms in total. The Hall–Kier alpha value is -3.33. The van der Waals surface area contributed by atoms with Gasteiger partial charge in [-0.25, -0.2) is 4.79 Å². The lowest BCUT2D eigenvalue weighted by molar-refractivity contribution is 0.0529. The highest BCUT2D eigenvalue weighted by molar-refractivity contribution is 5.59. The minimum atomic E-state index is -0.521. The maximum Gasteiger partial charge on any atom is 0.508 e. The van der Waals surface area contributed by atoms with Gasteiger partial charge in [0, 0.05) is 0 Å². The third-order valence-electron chi connectivity index (χ3n) is 7.29. The van der Waals surface area contributed by atoms with Crippen molar-refractivity contribution in [1.82, 2.24) is 0 Å². The first kappa shape index (κ1) is 44.7. The number of rotatable bonds is 32. The van der Waals surface area contributed by atoms with Crippen LogP contribution in [0.25, 0.3) is 0 Å². The highest BCUT2D eigenvalue weighted by atomic mass is 16.7. The van der Waals surface area contributed by atoms with E-state index in [2.05, 4.69) is 135 Å². The van der Waals surface area contributed by atoms with E-state index in [0.717, 1.165) is 116 Å². The zero-order chi connectivity index (χ0) is 34.7. The molecule has 0 atom stereocenters. The summed E-state index contributed by atoms with van der Waals surface area (Å²) in [5, 5.41) is 0. The summed E-state index contributed by atoms with van der Waals surface area (Å²) in [5.41, 5.74) is 0. The van der Waals surface area contributed by atoms with Crippen molar-refractivity contribution in [3.63, 3.8) is 0 Å². The second kappa shape index (κ2) is 41.7. The minimum absolute atomic E-state index is 0.452. The van der Waals surface area contributed by atoms with E-state index in [-0.39, 0.29) is 0 Å². The van der Waals surface area contributed by atoms with Gasteiger partial charge < -0.3 is 9.47 Å². The molecule has 0 amide bonds. The second-order valence-corrected chi connectivity index (χ2v) is 11.8. The Balaban J connectivity index is 3.44. The van der Waals surface area contributed by atoms with E-state index in [4.69, 9.17) is 9.47 Å². The number of carbonyl (C=O) groups excluding carboxylic acids is 1. The Morgan fingerprint density at radius 1 is 0.333 bits per heavy atom. The molecule has 0 aliphatic heterocycles. The van der Waals surface area contributed by atoms with Gasteiger partial charge in [-0.3, -0.25) is 0 Å². The number of unbranched alkanes of at least 4 members (excludes halogenated alkanes) is 8. The first-order valence-corrected chi connectivity index (χ1v) is 19.1. The molecule has 3 heteroatoms. The fourth-order valence-electron chi connectivity index (χ4n) is 4.53. The zero-order valence-electron chi connectivity index (χ0n) is 30.8. The third-order valence-corrected chi connectivity index (χ3v) is 7.29. The lowest BCUT2D eigenvalue weighted by Crippen LogP contribution is -2.09. The van der Waals surface area contributed by atoms with Crippen molar-refractivity contribution in [1.29, 1.82) is 0 Å². The van der Waals surface area contributed by atoms with Gasteiger partial charge in [0.15, 0.2) is 0 Å². The van der Waals surface area contributed by atoms with Crippen LogP contribution in [-0.2, 0) is 9.47 Å². The zero-order valence-corrected chi connectivity index (χ0v) is 30.8. The molecule has 0 heterocycles. The van der Waals surface area contributed by atoms with Crippen LogP contribution in [-0.4, -0.2) is 19.4 Å². The molecule has 0 fully saturated rings. The molecule has 0 aliphatic carbocycles. The summed E-state index contributed by atoms with van der Waals surface area (Å²) in [7, 11) is 0. The summed E-state index contributed by atoms with van der Waals surface area (Å²) < 4.78 is 10.4. The molecule has 0 bridgehead atoms. The Morgan fingerprint density at radius 3 is 0.875 bits per heavy atom. The van der Waals surface area contributed by atoms with Gasteiger partial charge in [0.25, 0.3) is 0 Å². The van der Waals surface area contributed by atoms with Crippen LogP contribution < -0.4 is 0 Å². The first-order chi connectivity index (χ1) is 23.8. The van der Waals surface area contributed by atoms with Gasteiger partial charge in [0.05, 0.1) is 13.2 Å². The lowest BCUT2D eigenvalue weighted by Gasteiger charge is -2.06. The number of hydrogen-bond acceptors (Lipinski definition) is 3. The van der Waals surface area contributed by atoms with Crippen molar-refractivity contribution in [2.24, 2.45) is 0 Å². The summed E-state index contributed by atoms with van der Waals surface area (Å²) >= 11 is 0. The van der Waals surface area contributed by atoms with E-state index in [1.165, 1.54) is 12.8 Å². The fraction of sp³-hybridized carbons (Fsp3) is 0.533. The summed E-state index contributed by atoms with van der Waals surface area (Å²) in [5.74, 6) is 0. The van der Waals surface area contributed by atoms with Crippen molar-refractivity contribution in [3.05, 3.63) is 122 Å². The Labute approximate surface area is 296 Å². The molecule has 0 aromatic rings. The van der Waals surface area contributed by atoms with Crippen LogP contribution in [0.2, 0.25) is 0 Å². The van der Waals surface area contributed by atoms with Crippen LogP contribution in [0.3, 0.4) is 0 Å². The molecule has 0 unspecified atom stereocenters. The van der Waals surface area contributed by atoms with E-state index in [1.807, 2.05) is 0 Å². The van der Waals surface area contributed by atoms with Crippen LogP contribution in [0.5, 0.6) is 0 Å². The van der Waals surface area contributed by atoms with Gasteiger partial charge >= 0.3 is 6.16 Å². The molecule has 0 rings (SSSR count). The Morgan fingerprint density at radius 2 is 0.583 bits per heavy atom. The molecular weight excluding hydrogens is 588 g/mol. The van der Waals surface area contributed by atoms with Crippen molar-refractivity contribution >= 4 is 6.16 Å². The smallest absolute Gasteiger partial charge is 0.434 e. The number of allylic oxidation sites excluding steroid dienone is 20. The molecule has 0 spiro atoms. The van der Waals surface area contributed by atoms with Gasteiger partial charge in [-0.2, -0.15) is 0 Å². The van der Waals surface area contributed by atoms with E-state index in [9.17, 15) is 4.79 Å². The van der Waals surface area contributed by atoms with Gasteiger partial charge in [0.1, 0.15) is 0 Å². The molecule has 0 aliphatic rings. The number of carbonyl (C=O) groups is 1. The van der Waals surface area contributed by atoms with Crippen molar-refractivity contribution in [2.45, 2.75) is 142 Å². The number of hydrogen-bond donors (Lipinski definition) is 0. The second-order valence-electron chi connectivity index (χ2n) is 11.8. The van der Waals surface area contributed by atoms with Gasteiger partial charge in [0.2, 0.25) is 0 Å². The van der Waals surface area contributed by atoms with Crippen LogP contribution in [0.15, 0.2) is 122 Å². The van der Waals surface area contributed by atoms with E-state index >= 15 is 0 Å². The summed E-state index contributed by atoms with van der Waals surface area (Å²) in [6.07, 6.45) is 65.3. The summed E-state index contributed by atoms with van der Waals surface area (Å²) in [4.78, 5) is 11.8. The average Bonchev–Trinajstić information content (AvgIpc) is 3.09. The van der Waals surface area contributed by atoms with Crippen LogP contribution in [0.1, 0.15) is 142 Å². The van der Waals surface area contributed by atoms with Crippen molar-refractivity contribution in [2.75, 3.05) is 13.2 Å². The third kappa shape index (κ3) is 40.7. The normalized spacial score (nSPS) is 13.0. The first-order valence-electron chi connectivity index (χ1n) is 19.1. The number of ether oxygens (including phenoxy) is 2. The largest absolute Gasteiger partial charge is 0.508 e. The predicted molar refractivity (Wildman–Crippen MR) is 212 cm³/mol. The molecule has 0 saturated heterocycles. The quantitative estimate of drug-likeness (QED) is 0.0410. The highest BCUT2D eigenvalue weighted by Gasteiger charge is 2.02.